The predicted molar refractivity (Wildman–Crippen MR) is 66.9 cm³/mol. The van der Waals surface area contributed by atoms with Crippen LogP contribution in [0.2, 0.25) is 0 Å². The van der Waals surface area contributed by atoms with Crippen molar-refractivity contribution in [1.29, 1.82) is 0 Å². The van der Waals surface area contributed by atoms with Gasteiger partial charge in [-0.2, -0.15) is 4.98 Å². The summed E-state index contributed by atoms with van der Waals surface area (Å²) in [6, 6.07) is 3.29. The number of carbonyl (C=O) groups is 1. The SMILES string of the molecule is CCc1cc(C(=O)NCc2ncon2)cc(NN)n1. The minimum Gasteiger partial charge on any atom is -0.345 e. The standard InChI is InChI=1S/C11H14N6O2/c1-2-8-3-7(4-9(15-8)16-12)11(18)13-5-10-14-6-19-17-10/h3-4,6H,2,5,12H2,1H3,(H,13,18)(H,15,16). The molecule has 1 amide bonds. The van der Waals surface area contributed by atoms with Gasteiger partial charge in [-0.3, -0.25) is 4.79 Å². The van der Waals surface area contributed by atoms with Gasteiger partial charge in [0.2, 0.25) is 6.39 Å². The van der Waals surface area contributed by atoms with Crippen LogP contribution >= 0.6 is 0 Å². The molecule has 8 heteroatoms. The van der Waals surface area contributed by atoms with Crippen molar-refractivity contribution in [1.82, 2.24) is 20.4 Å². The second-order valence-corrected chi connectivity index (χ2v) is 3.76. The maximum absolute atomic E-state index is 12.0. The fourth-order valence-electron chi connectivity index (χ4n) is 1.51. The van der Waals surface area contributed by atoms with Gasteiger partial charge in [0.15, 0.2) is 5.82 Å². The molecule has 0 aromatic carbocycles. The molecule has 0 aliphatic rings. The van der Waals surface area contributed by atoms with E-state index in [4.69, 9.17) is 5.84 Å². The van der Waals surface area contributed by atoms with Crippen LogP contribution < -0.4 is 16.6 Å². The van der Waals surface area contributed by atoms with Crippen molar-refractivity contribution in [3.8, 4) is 0 Å². The maximum Gasteiger partial charge on any atom is 0.251 e. The van der Waals surface area contributed by atoms with E-state index < -0.39 is 0 Å². The van der Waals surface area contributed by atoms with Crippen LogP contribution in [0.5, 0.6) is 0 Å². The molecule has 2 rings (SSSR count). The van der Waals surface area contributed by atoms with E-state index in [-0.39, 0.29) is 12.5 Å². The Labute approximate surface area is 109 Å². The molecule has 19 heavy (non-hydrogen) atoms. The zero-order valence-electron chi connectivity index (χ0n) is 10.4. The van der Waals surface area contributed by atoms with E-state index in [1.54, 1.807) is 12.1 Å². The first kappa shape index (κ1) is 13.0. The number of aromatic nitrogens is 3. The number of hydrogen-bond donors (Lipinski definition) is 3. The molecule has 4 N–H and O–H groups in total. The van der Waals surface area contributed by atoms with E-state index in [1.165, 1.54) is 6.39 Å². The summed E-state index contributed by atoms with van der Waals surface area (Å²) in [7, 11) is 0. The van der Waals surface area contributed by atoms with E-state index in [0.717, 1.165) is 5.69 Å². The van der Waals surface area contributed by atoms with Crippen molar-refractivity contribution in [3.05, 3.63) is 35.6 Å². The number of pyridine rings is 1. The van der Waals surface area contributed by atoms with Crippen LogP contribution in [-0.4, -0.2) is 21.0 Å². The molecule has 100 valence electrons. The zero-order valence-corrected chi connectivity index (χ0v) is 10.4. The summed E-state index contributed by atoms with van der Waals surface area (Å²) in [6.45, 7) is 2.15. The number of nitrogens with zero attached hydrogens (tertiary/aromatic N) is 3. The van der Waals surface area contributed by atoms with E-state index in [0.29, 0.717) is 23.6 Å². The average molecular weight is 262 g/mol. The van der Waals surface area contributed by atoms with Crippen molar-refractivity contribution in [2.75, 3.05) is 5.43 Å². The molecule has 0 unspecified atom stereocenters. The Morgan fingerprint density at radius 2 is 2.32 bits per heavy atom. The largest absolute Gasteiger partial charge is 0.345 e. The number of rotatable bonds is 5. The van der Waals surface area contributed by atoms with Crippen molar-refractivity contribution in [3.63, 3.8) is 0 Å². The number of anilines is 1. The van der Waals surface area contributed by atoms with Gasteiger partial charge in [-0.1, -0.05) is 12.1 Å². The van der Waals surface area contributed by atoms with E-state index >= 15 is 0 Å². The Balaban J connectivity index is 2.09. The number of hydrazine groups is 1. The number of aryl methyl sites for hydroxylation is 1. The van der Waals surface area contributed by atoms with Gasteiger partial charge in [-0.25, -0.2) is 10.8 Å². The first-order chi connectivity index (χ1) is 9.22. The van der Waals surface area contributed by atoms with Crippen molar-refractivity contribution >= 4 is 11.7 Å². The summed E-state index contributed by atoms with van der Waals surface area (Å²) in [5.41, 5.74) is 3.69. The predicted octanol–water partition coefficient (Wildman–Crippen LogP) is 0.243. The molecule has 0 bridgehead atoms. The van der Waals surface area contributed by atoms with Crippen LogP contribution in [0, 0.1) is 0 Å². The summed E-state index contributed by atoms with van der Waals surface area (Å²) < 4.78 is 4.58. The topological polar surface area (TPSA) is 119 Å². The van der Waals surface area contributed by atoms with Crippen LogP contribution in [0.15, 0.2) is 23.0 Å². The Hall–Kier alpha value is -2.48. The Kier molecular flexibility index (Phi) is 4.04. The zero-order chi connectivity index (χ0) is 13.7. The lowest BCUT2D eigenvalue weighted by Crippen LogP contribution is -2.24. The van der Waals surface area contributed by atoms with Gasteiger partial charge >= 0.3 is 0 Å². The van der Waals surface area contributed by atoms with Gasteiger partial charge in [-0.05, 0) is 18.6 Å². The summed E-state index contributed by atoms with van der Waals surface area (Å²) >= 11 is 0. The van der Waals surface area contributed by atoms with Crippen LogP contribution in [-0.2, 0) is 13.0 Å². The minimum absolute atomic E-state index is 0.199. The van der Waals surface area contributed by atoms with E-state index in [1.807, 2.05) is 6.92 Å². The minimum atomic E-state index is -0.251. The fraction of sp³-hybridized carbons (Fsp3) is 0.273. The maximum atomic E-state index is 12.0. The lowest BCUT2D eigenvalue weighted by molar-refractivity contribution is 0.0949. The molecule has 0 fully saturated rings. The van der Waals surface area contributed by atoms with Crippen LogP contribution in [0.1, 0.15) is 28.8 Å². The van der Waals surface area contributed by atoms with Crippen LogP contribution in [0.25, 0.3) is 0 Å². The van der Waals surface area contributed by atoms with Crippen molar-refractivity contribution < 1.29 is 9.32 Å². The smallest absolute Gasteiger partial charge is 0.251 e. The number of carbonyl (C=O) groups excluding carboxylic acids is 1. The first-order valence-electron chi connectivity index (χ1n) is 5.74. The molecule has 0 saturated carbocycles. The third-order valence-corrected chi connectivity index (χ3v) is 2.46. The highest BCUT2D eigenvalue weighted by Crippen LogP contribution is 2.10. The third-order valence-electron chi connectivity index (χ3n) is 2.46. The van der Waals surface area contributed by atoms with Crippen LogP contribution in [0.4, 0.5) is 5.82 Å². The normalized spacial score (nSPS) is 10.2. The second-order valence-electron chi connectivity index (χ2n) is 3.76. The molecule has 8 nitrogen and oxygen atoms in total. The molecule has 0 aliphatic carbocycles. The Bertz CT molecular complexity index is 532. The summed E-state index contributed by atoms with van der Waals surface area (Å²) in [5.74, 6) is 5.93. The fourth-order valence-corrected chi connectivity index (χ4v) is 1.51. The number of nitrogen functional groups attached to an aromatic ring is 1. The Morgan fingerprint density at radius 3 is 2.95 bits per heavy atom. The number of nitrogens with two attached hydrogens (primary N) is 1. The third kappa shape index (κ3) is 3.26. The molecule has 0 spiro atoms. The quantitative estimate of drug-likeness (QED) is 0.521. The molecule has 0 atom stereocenters. The lowest BCUT2D eigenvalue weighted by Gasteiger charge is -2.07. The second kappa shape index (κ2) is 5.91. The molecule has 0 saturated heterocycles. The van der Waals surface area contributed by atoms with Gasteiger partial charge < -0.3 is 15.3 Å². The van der Waals surface area contributed by atoms with Gasteiger partial charge in [0.25, 0.3) is 5.91 Å². The first-order valence-corrected chi connectivity index (χ1v) is 5.74. The number of hydrogen-bond acceptors (Lipinski definition) is 7. The average Bonchev–Trinajstić information content (AvgIpc) is 2.97. The molecule has 2 heterocycles. The van der Waals surface area contributed by atoms with E-state index in [9.17, 15) is 4.79 Å². The van der Waals surface area contributed by atoms with Gasteiger partial charge in [-0.15, -0.1) is 0 Å². The molecule has 2 aromatic heterocycles. The molecule has 0 radical (unpaired) electrons. The van der Waals surface area contributed by atoms with Crippen LogP contribution in [0.3, 0.4) is 0 Å². The molecular formula is C11H14N6O2. The monoisotopic (exact) mass is 262 g/mol. The van der Waals surface area contributed by atoms with Gasteiger partial charge in [0.1, 0.15) is 5.82 Å². The lowest BCUT2D eigenvalue weighted by atomic mass is 10.2. The highest BCUT2D eigenvalue weighted by atomic mass is 16.5. The molecular weight excluding hydrogens is 248 g/mol. The number of nitrogens with one attached hydrogen (secondary N) is 2. The van der Waals surface area contributed by atoms with E-state index in [2.05, 4.69) is 30.4 Å². The van der Waals surface area contributed by atoms with Crippen molar-refractivity contribution in [2.24, 2.45) is 5.84 Å². The highest BCUT2D eigenvalue weighted by molar-refractivity contribution is 5.94. The molecule has 2 aromatic rings. The van der Waals surface area contributed by atoms with Gasteiger partial charge in [0, 0.05) is 11.3 Å². The summed E-state index contributed by atoms with van der Waals surface area (Å²) in [4.78, 5) is 20.0. The van der Waals surface area contributed by atoms with Crippen molar-refractivity contribution in [2.45, 2.75) is 19.9 Å². The molecule has 0 aliphatic heterocycles. The Morgan fingerprint density at radius 1 is 1.47 bits per heavy atom. The highest BCUT2D eigenvalue weighted by Gasteiger charge is 2.10. The summed E-state index contributed by atoms with van der Waals surface area (Å²) in [5, 5.41) is 6.29. The summed E-state index contributed by atoms with van der Waals surface area (Å²) in [6.07, 6.45) is 1.92. The van der Waals surface area contributed by atoms with Gasteiger partial charge in [0.05, 0.1) is 6.54 Å². The number of amides is 1.